The van der Waals surface area contributed by atoms with E-state index in [2.05, 4.69) is 53.7 Å². The fourth-order valence-electron chi connectivity index (χ4n) is 3.96. The number of aromatic nitrogens is 1. The van der Waals surface area contributed by atoms with Gasteiger partial charge in [-0.05, 0) is 47.1 Å². The Morgan fingerprint density at radius 3 is 2.06 bits per heavy atom. The fourth-order valence-corrected chi connectivity index (χ4v) is 3.96. The number of methoxy groups -OCH3 is 1. The Morgan fingerprint density at radius 1 is 1.03 bits per heavy atom. The molecule has 0 unspecified atom stereocenters. The van der Waals surface area contributed by atoms with E-state index in [0.717, 1.165) is 28.3 Å². The van der Waals surface area contributed by atoms with Crippen molar-refractivity contribution >= 4 is 11.7 Å². The van der Waals surface area contributed by atoms with E-state index in [4.69, 9.17) is 9.72 Å². The van der Waals surface area contributed by atoms with Crippen LogP contribution in [0.1, 0.15) is 64.8 Å². The minimum Gasteiger partial charge on any atom is -0.496 e. The zero-order valence-corrected chi connectivity index (χ0v) is 19.7. The molecule has 0 saturated carbocycles. The predicted octanol–water partition coefficient (Wildman–Crippen LogP) is 6.12. The number of benzene rings is 1. The van der Waals surface area contributed by atoms with Crippen molar-refractivity contribution in [1.82, 2.24) is 9.88 Å². The van der Waals surface area contributed by atoms with Crippen LogP contribution in [-0.4, -0.2) is 41.3 Å². The molecule has 0 bridgehead atoms. The molecule has 5 nitrogen and oxygen atoms in total. The van der Waals surface area contributed by atoms with Gasteiger partial charge in [-0.25, -0.2) is 9.78 Å². The lowest BCUT2D eigenvalue weighted by Gasteiger charge is -2.30. The average molecular weight is 423 g/mol. The number of hydrogen-bond acceptors (Lipinski definition) is 3. The Bertz CT molecular complexity index is 975. The van der Waals surface area contributed by atoms with E-state index < -0.39 is 6.09 Å². The first kappa shape index (κ1) is 22.9. The smallest absolute Gasteiger partial charge is 0.407 e. The predicted molar refractivity (Wildman–Crippen MR) is 126 cm³/mol. The number of pyridine rings is 1. The summed E-state index contributed by atoms with van der Waals surface area (Å²) in [6, 6.07) is 10.5. The highest BCUT2D eigenvalue weighted by atomic mass is 16.5. The van der Waals surface area contributed by atoms with Crippen molar-refractivity contribution in [2.24, 2.45) is 0 Å². The molecule has 1 aliphatic heterocycles. The first-order chi connectivity index (χ1) is 14.4. The number of carboxylic acid groups (broad SMARTS) is 1. The lowest BCUT2D eigenvalue weighted by atomic mass is 9.78. The largest absolute Gasteiger partial charge is 0.496 e. The van der Waals surface area contributed by atoms with Gasteiger partial charge in [0.05, 0.1) is 18.5 Å². The molecule has 5 heteroatoms. The number of amides is 1. The van der Waals surface area contributed by atoms with E-state index >= 15 is 0 Å². The van der Waals surface area contributed by atoms with Gasteiger partial charge < -0.3 is 14.7 Å². The molecule has 1 N–H and O–H groups in total. The summed E-state index contributed by atoms with van der Waals surface area (Å²) in [5.41, 5.74) is 6.17. The van der Waals surface area contributed by atoms with E-state index in [1.807, 2.05) is 24.3 Å². The summed E-state index contributed by atoms with van der Waals surface area (Å²) >= 11 is 0. The zero-order chi connectivity index (χ0) is 23.0. The van der Waals surface area contributed by atoms with Gasteiger partial charge in [0.2, 0.25) is 0 Å². The van der Waals surface area contributed by atoms with Gasteiger partial charge in [0.25, 0.3) is 0 Å². The van der Waals surface area contributed by atoms with Crippen LogP contribution in [-0.2, 0) is 10.8 Å². The lowest BCUT2D eigenvalue weighted by molar-refractivity contribution is 0.150. The van der Waals surface area contributed by atoms with Crippen molar-refractivity contribution in [3.05, 3.63) is 53.2 Å². The van der Waals surface area contributed by atoms with Crippen molar-refractivity contribution < 1.29 is 14.6 Å². The molecule has 0 saturated heterocycles. The second-order valence-corrected chi connectivity index (χ2v) is 10.2. The van der Waals surface area contributed by atoms with E-state index in [9.17, 15) is 9.90 Å². The van der Waals surface area contributed by atoms with Crippen LogP contribution in [0.25, 0.3) is 16.8 Å². The molecule has 0 atom stereocenters. The molecule has 0 fully saturated rings. The minimum atomic E-state index is -0.875. The second kappa shape index (κ2) is 8.37. The topological polar surface area (TPSA) is 62.7 Å². The highest BCUT2D eigenvalue weighted by molar-refractivity contribution is 5.72. The maximum absolute atomic E-state index is 11.2. The molecule has 2 aromatic rings. The minimum absolute atomic E-state index is 0.0782. The third-order valence-corrected chi connectivity index (χ3v) is 5.76. The van der Waals surface area contributed by atoms with Crippen LogP contribution >= 0.6 is 0 Å². The van der Waals surface area contributed by atoms with Gasteiger partial charge in [0, 0.05) is 29.8 Å². The van der Waals surface area contributed by atoms with Crippen molar-refractivity contribution in [3.63, 3.8) is 0 Å². The molecule has 1 aromatic carbocycles. The molecule has 1 amide bonds. The number of ether oxygens (including phenoxy) is 1. The Labute approximate surface area is 185 Å². The lowest BCUT2D eigenvalue weighted by Crippen LogP contribution is -2.33. The van der Waals surface area contributed by atoms with Crippen LogP contribution in [0.2, 0.25) is 0 Å². The summed E-state index contributed by atoms with van der Waals surface area (Å²) < 4.78 is 5.89. The van der Waals surface area contributed by atoms with Gasteiger partial charge in [0.1, 0.15) is 5.75 Å². The van der Waals surface area contributed by atoms with Gasteiger partial charge in [-0.15, -0.1) is 0 Å². The molecule has 31 heavy (non-hydrogen) atoms. The van der Waals surface area contributed by atoms with Crippen LogP contribution in [0.4, 0.5) is 4.79 Å². The first-order valence-corrected chi connectivity index (χ1v) is 10.8. The molecule has 166 valence electrons. The zero-order valence-electron chi connectivity index (χ0n) is 19.7. The van der Waals surface area contributed by atoms with E-state index in [-0.39, 0.29) is 10.8 Å². The third kappa shape index (κ3) is 4.92. The summed E-state index contributed by atoms with van der Waals surface area (Å²) in [6.45, 7) is 14.1. The monoisotopic (exact) mass is 422 g/mol. The van der Waals surface area contributed by atoms with E-state index in [0.29, 0.717) is 19.5 Å². The van der Waals surface area contributed by atoms with Gasteiger partial charge >= 0.3 is 6.09 Å². The van der Waals surface area contributed by atoms with Crippen LogP contribution in [0, 0.1) is 0 Å². The van der Waals surface area contributed by atoms with Crippen LogP contribution < -0.4 is 4.74 Å². The van der Waals surface area contributed by atoms with Gasteiger partial charge in [-0.3, -0.25) is 0 Å². The molecule has 2 heterocycles. The second-order valence-electron chi connectivity index (χ2n) is 10.2. The molecule has 0 spiro atoms. The molecule has 0 aliphatic carbocycles. The van der Waals surface area contributed by atoms with Gasteiger partial charge in [-0.2, -0.15) is 0 Å². The van der Waals surface area contributed by atoms with E-state index in [1.165, 1.54) is 16.0 Å². The Hall–Kier alpha value is -2.82. The van der Waals surface area contributed by atoms with Crippen molar-refractivity contribution in [2.45, 2.75) is 58.8 Å². The number of carbonyl (C=O) groups is 1. The molecule has 0 radical (unpaired) electrons. The molecule has 1 aliphatic rings. The molecular weight excluding hydrogens is 388 g/mol. The normalized spacial score (nSPS) is 14.9. The Balaban J connectivity index is 2.10. The maximum Gasteiger partial charge on any atom is 0.407 e. The molecule has 3 rings (SSSR count). The summed E-state index contributed by atoms with van der Waals surface area (Å²) in [5, 5.41) is 9.18. The van der Waals surface area contributed by atoms with E-state index in [1.54, 1.807) is 7.11 Å². The summed E-state index contributed by atoms with van der Waals surface area (Å²) in [7, 11) is 1.74. The fraction of sp³-hybridized carbons (Fsp3) is 0.462. The summed E-state index contributed by atoms with van der Waals surface area (Å²) in [5.74, 6) is 0.948. The van der Waals surface area contributed by atoms with Crippen LogP contribution in [0.15, 0.2) is 36.4 Å². The summed E-state index contributed by atoms with van der Waals surface area (Å²) in [6.07, 6.45) is 1.77. The Morgan fingerprint density at radius 2 is 1.61 bits per heavy atom. The van der Waals surface area contributed by atoms with Crippen molar-refractivity contribution in [1.29, 1.82) is 0 Å². The highest BCUT2D eigenvalue weighted by Gasteiger charge is 2.28. The quantitative estimate of drug-likeness (QED) is 0.647. The molecular formula is C26H34N2O3. The first-order valence-electron chi connectivity index (χ1n) is 10.8. The van der Waals surface area contributed by atoms with Crippen LogP contribution in [0.5, 0.6) is 5.75 Å². The SMILES string of the molecule is COc1c(C(C)(C)C)cc(-c2cccc(C3=CCN(C(=O)O)CC3)n2)cc1C(C)(C)C. The number of rotatable bonds is 3. The maximum atomic E-state index is 11.2. The Kier molecular flexibility index (Phi) is 6.17. The number of nitrogens with zero attached hydrogens (tertiary/aromatic N) is 2. The van der Waals surface area contributed by atoms with Crippen molar-refractivity contribution in [3.8, 4) is 17.0 Å². The third-order valence-electron chi connectivity index (χ3n) is 5.76. The van der Waals surface area contributed by atoms with Gasteiger partial charge in [0.15, 0.2) is 0 Å². The van der Waals surface area contributed by atoms with Crippen LogP contribution in [0.3, 0.4) is 0 Å². The average Bonchev–Trinajstić information content (AvgIpc) is 2.71. The summed E-state index contributed by atoms with van der Waals surface area (Å²) in [4.78, 5) is 17.6. The highest BCUT2D eigenvalue weighted by Crippen LogP contribution is 2.42. The van der Waals surface area contributed by atoms with Gasteiger partial charge in [-0.1, -0.05) is 53.7 Å². The number of hydrogen-bond donors (Lipinski definition) is 1. The standard InChI is InChI=1S/C26H34N2O3/c1-25(2,3)19-15-18(16-20(23(19)31-7)26(4,5)6)22-10-8-9-21(27-22)17-11-13-28(14-12-17)24(29)30/h8-11,15-16H,12-14H2,1-7H3,(H,29,30). The van der Waals surface area contributed by atoms with Crippen molar-refractivity contribution in [2.75, 3.05) is 20.2 Å². The molecule has 1 aromatic heterocycles.